The fourth-order valence-electron chi connectivity index (χ4n) is 3.43. The van der Waals surface area contributed by atoms with E-state index in [9.17, 15) is 9.59 Å². The van der Waals surface area contributed by atoms with Crippen LogP contribution in [0.25, 0.3) is 11.1 Å². The van der Waals surface area contributed by atoms with Crippen molar-refractivity contribution < 1.29 is 9.59 Å². The van der Waals surface area contributed by atoms with E-state index < -0.39 is 0 Å². The van der Waals surface area contributed by atoms with Crippen molar-refractivity contribution in [3.8, 4) is 11.1 Å². The predicted octanol–water partition coefficient (Wildman–Crippen LogP) is 4.50. The molecule has 0 radical (unpaired) electrons. The second-order valence-corrected chi connectivity index (χ2v) is 7.93. The van der Waals surface area contributed by atoms with E-state index in [0.29, 0.717) is 18.3 Å². The number of benzene rings is 2. The highest BCUT2D eigenvalue weighted by molar-refractivity contribution is 5.95. The van der Waals surface area contributed by atoms with Crippen LogP contribution in [-0.4, -0.2) is 22.0 Å². The number of nitrogens with zero attached hydrogens (tertiary/aromatic N) is 1. The highest BCUT2D eigenvalue weighted by atomic mass is 16.2. The summed E-state index contributed by atoms with van der Waals surface area (Å²) in [4.78, 5) is 23.9. The molecule has 1 fully saturated rings. The molecular weight excluding hydrogens is 388 g/mol. The normalized spacial score (nSPS) is 14.0. The van der Waals surface area contributed by atoms with E-state index in [4.69, 9.17) is 0 Å². The van der Waals surface area contributed by atoms with Gasteiger partial charge in [-0.2, -0.15) is 5.10 Å². The van der Waals surface area contributed by atoms with E-state index >= 15 is 0 Å². The summed E-state index contributed by atoms with van der Waals surface area (Å²) in [6, 6.07) is 18.0. The molecule has 1 aliphatic rings. The fourth-order valence-corrected chi connectivity index (χ4v) is 3.43. The Morgan fingerprint density at radius 3 is 2.39 bits per heavy atom. The lowest BCUT2D eigenvalue weighted by Gasteiger charge is -2.12. The quantitative estimate of drug-likeness (QED) is 0.474. The Morgan fingerprint density at radius 1 is 1.13 bits per heavy atom. The van der Waals surface area contributed by atoms with Crippen LogP contribution in [0.1, 0.15) is 48.4 Å². The van der Waals surface area contributed by atoms with E-state index in [1.807, 2.05) is 61.5 Å². The zero-order chi connectivity index (χ0) is 21.8. The molecule has 1 heterocycles. The van der Waals surface area contributed by atoms with Gasteiger partial charge in [0.1, 0.15) is 0 Å². The number of aromatic amines is 1. The molecule has 2 aromatic carbocycles. The van der Waals surface area contributed by atoms with Crippen molar-refractivity contribution in [2.45, 2.75) is 38.1 Å². The van der Waals surface area contributed by atoms with Gasteiger partial charge in [-0.1, -0.05) is 55.1 Å². The molecule has 31 heavy (non-hydrogen) atoms. The Balaban J connectivity index is 1.36. The monoisotopic (exact) mass is 414 g/mol. The minimum atomic E-state index is -0.286. The van der Waals surface area contributed by atoms with Crippen LogP contribution in [0.5, 0.6) is 0 Å². The van der Waals surface area contributed by atoms with Gasteiger partial charge >= 0.3 is 0 Å². The zero-order valence-electron chi connectivity index (χ0n) is 17.5. The van der Waals surface area contributed by atoms with Gasteiger partial charge in [-0.15, -0.1) is 0 Å². The summed E-state index contributed by atoms with van der Waals surface area (Å²) in [6.07, 6.45) is 3.64. The second-order valence-electron chi connectivity index (χ2n) is 7.93. The SMILES string of the molecule is C=CC(=O)NCc1ccc(-c2ccc(C(C)C(=O)Nc3cc(C4CC4)[nH]n3)cc2)cc1. The smallest absolute Gasteiger partial charge is 0.243 e. The van der Waals surface area contributed by atoms with Crippen molar-refractivity contribution >= 4 is 17.6 Å². The van der Waals surface area contributed by atoms with Crippen LogP contribution < -0.4 is 10.6 Å². The van der Waals surface area contributed by atoms with Crippen LogP contribution in [-0.2, 0) is 16.1 Å². The molecule has 2 amide bonds. The Kier molecular flexibility index (Phi) is 5.98. The summed E-state index contributed by atoms with van der Waals surface area (Å²) < 4.78 is 0. The lowest BCUT2D eigenvalue weighted by atomic mass is 9.96. The molecule has 0 spiro atoms. The van der Waals surface area contributed by atoms with Crippen molar-refractivity contribution in [1.82, 2.24) is 15.5 Å². The van der Waals surface area contributed by atoms with Gasteiger partial charge < -0.3 is 10.6 Å². The first kappa shape index (κ1) is 20.6. The minimum absolute atomic E-state index is 0.0764. The number of aromatic nitrogens is 2. The first-order valence-corrected chi connectivity index (χ1v) is 10.5. The van der Waals surface area contributed by atoms with Crippen LogP contribution in [0.4, 0.5) is 5.82 Å². The average Bonchev–Trinajstić information content (AvgIpc) is 3.56. The number of amides is 2. The molecule has 0 aliphatic heterocycles. The van der Waals surface area contributed by atoms with Gasteiger partial charge in [-0.3, -0.25) is 14.7 Å². The lowest BCUT2D eigenvalue weighted by Crippen LogP contribution is -2.19. The largest absolute Gasteiger partial charge is 0.348 e. The Hall–Kier alpha value is -3.67. The third kappa shape index (κ3) is 5.09. The number of hydrogen-bond acceptors (Lipinski definition) is 3. The Labute approximate surface area is 181 Å². The van der Waals surface area contributed by atoms with Crippen molar-refractivity contribution in [1.29, 1.82) is 0 Å². The summed E-state index contributed by atoms with van der Waals surface area (Å²) in [5.41, 5.74) is 5.21. The van der Waals surface area contributed by atoms with Gasteiger partial charge in [0.2, 0.25) is 11.8 Å². The molecule has 1 atom stereocenters. The van der Waals surface area contributed by atoms with Crippen molar-refractivity contribution in [3.05, 3.63) is 84.1 Å². The highest BCUT2D eigenvalue weighted by Gasteiger charge is 2.26. The van der Waals surface area contributed by atoms with E-state index in [-0.39, 0.29) is 17.7 Å². The molecule has 1 unspecified atom stereocenters. The van der Waals surface area contributed by atoms with Gasteiger partial charge in [-0.25, -0.2) is 0 Å². The standard InChI is InChI=1S/C25H26N4O2/c1-3-24(30)26-15-17-4-6-19(7-5-17)20-10-8-18(9-11-20)16(2)25(31)27-23-14-22(28-29-23)21-12-13-21/h3-11,14,16,21H,1,12-13,15H2,2H3,(H,26,30)(H2,27,28,29,31). The topological polar surface area (TPSA) is 86.9 Å². The van der Waals surface area contributed by atoms with E-state index in [2.05, 4.69) is 27.4 Å². The molecule has 4 rings (SSSR count). The molecule has 3 aromatic rings. The third-order valence-corrected chi connectivity index (χ3v) is 5.61. The number of anilines is 1. The molecule has 3 N–H and O–H groups in total. The number of nitrogens with one attached hydrogen (secondary N) is 3. The van der Waals surface area contributed by atoms with E-state index in [1.54, 1.807) is 0 Å². The first-order chi connectivity index (χ1) is 15.0. The van der Waals surface area contributed by atoms with E-state index in [1.165, 1.54) is 18.9 Å². The van der Waals surface area contributed by atoms with Crippen LogP contribution in [0.15, 0.2) is 67.3 Å². The number of hydrogen-bond donors (Lipinski definition) is 3. The molecule has 1 aliphatic carbocycles. The first-order valence-electron chi connectivity index (χ1n) is 10.5. The number of carbonyl (C=O) groups is 2. The highest BCUT2D eigenvalue weighted by Crippen LogP contribution is 2.39. The van der Waals surface area contributed by atoms with E-state index in [0.717, 1.165) is 27.9 Å². The van der Waals surface area contributed by atoms with Crippen LogP contribution in [0, 0.1) is 0 Å². The van der Waals surface area contributed by atoms with Gasteiger partial charge in [0.15, 0.2) is 5.82 Å². The van der Waals surface area contributed by atoms with Crippen molar-refractivity contribution in [2.75, 3.05) is 5.32 Å². The zero-order valence-corrected chi connectivity index (χ0v) is 17.5. The molecule has 0 saturated heterocycles. The van der Waals surface area contributed by atoms with Gasteiger partial charge in [-0.05, 0) is 48.1 Å². The fraction of sp³-hybridized carbons (Fsp3) is 0.240. The van der Waals surface area contributed by atoms with Gasteiger partial charge in [0, 0.05) is 24.2 Å². The van der Waals surface area contributed by atoms with Gasteiger partial charge in [0.05, 0.1) is 5.92 Å². The molecule has 1 aromatic heterocycles. The summed E-state index contributed by atoms with van der Waals surface area (Å²) >= 11 is 0. The minimum Gasteiger partial charge on any atom is -0.348 e. The third-order valence-electron chi connectivity index (χ3n) is 5.61. The second kappa shape index (κ2) is 9.00. The Bertz CT molecular complexity index is 1080. The van der Waals surface area contributed by atoms with Crippen LogP contribution in [0.3, 0.4) is 0 Å². The maximum absolute atomic E-state index is 12.6. The maximum Gasteiger partial charge on any atom is 0.243 e. The Morgan fingerprint density at radius 2 is 1.77 bits per heavy atom. The molecule has 1 saturated carbocycles. The van der Waals surface area contributed by atoms with Crippen molar-refractivity contribution in [3.63, 3.8) is 0 Å². The summed E-state index contributed by atoms with van der Waals surface area (Å²) in [5, 5.41) is 12.9. The number of H-pyrrole nitrogens is 1. The summed E-state index contributed by atoms with van der Waals surface area (Å²) in [5.74, 6) is 0.606. The predicted molar refractivity (Wildman–Crippen MR) is 122 cm³/mol. The molecule has 0 bridgehead atoms. The number of rotatable bonds is 8. The molecule has 6 nitrogen and oxygen atoms in total. The molecular formula is C25H26N4O2. The maximum atomic E-state index is 12.6. The number of carbonyl (C=O) groups excluding carboxylic acids is 2. The van der Waals surface area contributed by atoms with Crippen LogP contribution >= 0.6 is 0 Å². The lowest BCUT2D eigenvalue weighted by molar-refractivity contribution is -0.117. The van der Waals surface area contributed by atoms with Crippen LogP contribution in [0.2, 0.25) is 0 Å². The summed E-state index contributed by atoms with van der Waals surface area (Å²) in [6.45, 7) is 5.81. The molecule has 158 valence electrons. The average molecular weight is 415 g/mol. The summed E-state index contributed by atoms with van der Waals surface area (Å²) in [7, 11) is 0. The molecule has 6 heteroatoms. The van der Waals surface area contributed by atoms with Gasteiger partial charge in [0.25, 0.3) is 0 Å². The van der Waals surface area contributed by atoms with Crippen molar-refractivity contribution in [2.24, 2.45) is 0 Å².